The minimum absolute atomic E-state index is 0.0802. The van der Waals surface area contributed by atoms with E-state index in [4.69, 9.17) is 5.73 Å². The van der Waals surface area contributed by atoms with Crippen molar-refractivity contribution in [3.63, 3.8) is 0 Å². The number of nitrogens with one attached hydrogen (secondary N) is 2. The molecule has 0 saturated carbocycles. The van der Waals surface area contributed by atoms with Crippen LogP contribution in [0.3, 0.4) is 0 Å². The number of nitrogens with two attached hydrogens (primary N) is 1. The van der Waals surface area contributed by atoms with Gasteiger partial charge < -0.3 is 16.4 Å². The van der Waals surface area contributed by atoms with E-state index in [0.29, 0.717) is 17.4 Å². The summed E-state index contributed by atoms with van der Waals surface area (Å²) in [7, 11) is 0. The van der Waals surface area contributed by atoms with Crippen molar-refractivity contribution in [1.82, 2.24) is 9.69 Å². The van der Waals surface area contributed by atoms with Gasteiger partial charge >= 0.3 is 0 Å². The first-order valence-corrected chi connectivity index (χ1v) is 8.05. The molecule has 0 fully saturated rings. The fourth-order valence-corrected chi connectivity index (χ4v) is 2.77. The molecule has 20 heavy (non-hydrogen) atoms. The van der Waals surface area contributed by atoms with Crippen LogP contribution >= 0.6 is 11.5 Å². The van der Waals surface area contributed by atoms with Crippen molar-refractivity contribution in [2.45, 2.75) is 65.5 Å². The van der Waals surface area contributed by atoms with Crippen LogP contribution in [0.5, 0.6) is 0 Å². The quantitative estimate of drug-likeness (QED) is 0.644. The second kappa shape index (κ2) is 8.09. The van der Waals surface area contributed by atoms with Crippen LogP contribution < -0.4 is 16.4 Å². The van der Waals surface area contributed by atoms with Gasteiger partial charge in [-0.15, -0.1) is 0 Å². The lowest BCUT2D eigenvalue weighted by atomic mass is 10.1. The molecule has 1 aromatic rings. The zero-order valence-electron chi connectivity index (χ0n) is 12.8. The Hall–Kier alpha value is -1.30. The second-order valence-corrected chi connectivity index (χ2v) is 6.21. The van der Waals surface area contributed by atoms with Crippen molar-refractivity contribution >= 4 is 28.3 Å². The molecule has 1 aromatic heterocycles. The Morgan fingerprint density at radius 1 is 1.35 bits per heavy atom. The van der Waals surface area contributed by atoms with E-state index in [-0.39, 0.29) is 11.9 Å². The summed E-state index contributed by atoms with van der Waals surface area (Å²) < 4.78 is 4.09. The van der Waals surface area contributed by atoms with Crippen LogP contribution in [-0.2, 0) is 0 Å². The van der Waals surface area contributed by atoms with Gasteiger partial charge in [-0.2, -0.15) is 4.37 Å². The first kappa shape index (κ1) is 16.8. The maximum absolute atomic E-state index is 12.1. The molecule has 0 bridgehead atoms. The predicted octanol–water partition coefficient (Wildman–Crippen LogP) is 3.24. The Kier molecular flexibility index (Phi) is 6.78. The molecule has 114 valence electrons. The van der Waals surface area contributed by atoms with Gasteiger partial charge in [-0.3, -0.25) is 4.79 Å². The van der Waals surface area contributed by atoms with Crippen molar-refractivity contribution in [3.8, 4) is 0 Å². The summed E-state index contributed by atoms with van der Waals surface area (Å²) in [5.74, 6) is 0.144. The molecule has 1 amide bonds. The Bertz CT molecular complexity index is 431. The minimum Gasteiger partial charge on any atom is -0.382 e. The minimum atomic E-state index is -0.158. The highest BCUT2D eigenvalue weighted by Crippen LogP contribution is 2.28. The van der Waals surface area contributed by atoms with E-state index in [9.17, 15) is 4.79 Å². The SMILES string of the molecule is CCCCCC(C)Nc1snc(N)c1C(=O)NC(C)C. The molecular formula is C14H26N4OS. The molecule has 1 rings (SSSR count). The summed E-state index contributed by atoms with van der Waals surface area (Å²) in [4.78, 5) is 12.1. The van der Waals surface area contributed by atoms with Gasteiger partial charge in [0.15, 0.2) is 5.82 Å². The van der Waals surface area contributed by atoms with Gasteiger partial charge in [-0.05, 0) is 38.7 Å². The highest BCUT2D eigenvalue weighted by molar-refractivity contribution is 7.11. The molecule has 0 radical (unpaired) electrons. The fourth-order valence-electron chi connectivity index (χ4n) is 1.95. The number of unbranched alkanes of at least 4 members (excludes halogenated alkanes) is 2. The summed E-state index contributed by atoms with van der Waals surface area (Å²) in [5, 5.41) is 6.99. The number of carbonyl (C=O) groups is 1. The van der Waals surface area contributed by atoms with Gasteiger partial charge in [-0.25, -0.2) is 0 Å². The number of nitrogen functional groups attached to an aromatic ring is 1. The van der Waals surface area contributed by atoms with Gasteiger partial charge in [0.2, 0.25) is 0 Å². The number of rotatable bonds is 8. The second-order valence-electron chi connectivity index (χ2n) is 5.44. The summed E-state index contributed by atoms with van der Waals surface area (Å²) >= 11 is 1.25. The highest BCUT2D eigenvalue weighted by Gasteiger charge is 2.20. The Labute approximate surface area is 125 Å². The number of aromatic nitrogens is 1. The molecule has 0 aromatic carbocycles. The third-order valence-electron chi connectivity index (χ3n) is 2.98. The average Bonchev–Trinajstić information content (AvgIpc) is 2.70. The first-order chi connectivity index (χ1) is 9.45. The molecule has 0 aliphatic heterocycles. The average molecular weight is 298 g/mol. The van der Waals surface area contributed by atoms with Crippen molar-refractivity contribution in [3.05, 3.63) is 5.56 Å². The van der Waals surface area contributed by atoms with Crippen molar-refractivity contribution in [2.75, 3.05) is 11.1 Å². The predicted molar refractivity (Wildman–Crippen MR) is 86.4 cm³/mol. The number of nitrogens with zero attached hydrogens (tertiary/aromatic N) is 1. The third kappa shape index (κ3) is 5.00. The first-order valence-electron chi connectivity index (χ1n) is 7.28. The lowest BCUT2D eigenvalue weighted by Crippen LogP contribution is -2.31. The number of hydrogen-bond acceptors (Lipinski definition) is 5. The molecular weight excluding hydrogens is 272 g/mol. The number of amides is 1. The third-order valence-corrected chi connectivity index (χ3v) is 3.78. The monoisotopic (exact) mass is 298 g/mol. The molecule has 1 heterocycles. The van der Waals surface area contributed by atoms with Crippen molar-refractivity contribution in [1.29, 1.82) is 0 Å². The standard InChI is InChI=1S/C14H26N4OS/c1-5-6-7-8-10(4)17-14-11(12(15)18-20-14)13(19)16-9(2)3/h9-10,17H,5-8H2,1-4H3,(H2,15,18)(H,16,19). The van der Waals surface area contributed by atoms with Crippen LogP contribution in [0, 0.1) is 0 Å². The van der Waals surface area contributed by atoms with Gasteiger partial charge in [0, 0.05) is 12.1 Å². The maximum Gasteiger partial charge on any atom is 0.258 e. The fraction of sp³-hybridized carbons (Fsp3) is 0.714. The molecule has 1 atom stereocenters. The molecule has 6 heteroatoms. The molecule has 0 saturated heterocycles. The van der Waals surface area contributed by atoms with Crippen LogP contribution in [0.2, 0.25) is 0 Å². The van der Waals surface area contributed by atoms with Crippen LogP contribution in [-0.4, -0.2) is 22.4 Å². The Morgan fingerprint density at radius 2 is 2.05 bits per heavy atom. The molecule has 5 nitrogen and oxygen atoms in total. The molecule has 0 aliphatic rings. The summed E-state index contributed by atoms with van der Waals surface area (Å²) in [6, 6.07) is 0.392. The number of hydrogen-bond donors (Lipinski definition) is 3. The van der Waals surface area contributed by atoms with Crippen LogP contribution in [0.15, 0.2) is 0 Å². The summed E-state index contributed by atoms with van der Waals surface area (Å²) in [6.07, 6.45) is 4.71. The number of anilines is 2. The van der Waals surface area contributed by atoms with E-state index < -0.39 is 0 Å². The lowest BCUT2D eigenvalue weighted by Gasteiger charge is -2.15. The van der Waals surface area contributed by atoms with E-state index in [1.54, 1.807) is 0 Å². The van der Waals surface area contributed by atoms with Crippen LogP contribution in [0.25, 0.3) is 0 Å². The zero-order valence-corrected chi connectivity index (χ0v) is 13.6. The Morgan fingerprint density at radius 3 is 2.65 bits per heavy atom. The van der Waals surface area contributed by atoms with Gasteiger partial charge in [-0.1, -0.05) is 26.2 Å². The Balaban J connectivity index is 2.69. The van der Waals surface area contributed by atoms with E-state index in [0.717, 1.165) is 11.4 Å². The number of carbonyl (C=O) groups excluding carboxylic acids is 1. The van der Waals surface area contributed by atoms with Gasteiger partial charge in [0.25, 0.3) is 5.91 Å². The highest BCUT2D eigenvalue weighted by atomic mass is 32.1. The van der Waals surface area contributed by atoms with Crippen LogP contribution in [0.4, 0.5) is 10.8 Å². The smallest absolute Gasteiger partial charge is 0.258 e. The van der Waals surface area contributed by atoms with Gasteiger partial charge in [0.1, 0.15) is 10.6 Å². The maximum atomic E-state index is 12.1. The summed E-state index contributed by atoms with van der Waals surface area (Å²) in [6.45, 7) is 8.16. The van der Waals surface area contributed by atoms with E-state index in [2.05, 4.69) is 28.9 Å². The molecule has 0 spiro atoms. The zero-order chi connectivity index (χ0) is 15.1. The van der Waals surface area contributed by atoms with Crippen molar-refractivity contribution in [2.24, 2.45) is 0 Å². The van der Waals surface area contributed by atoms with E-state index in [1.807, 2.05) is 13.8 Å². The molecule has 4 N–H and O–H groups in total. The largest absolute Gasteiger partial charge is 0.382 e. The lowest BCUT2D eigenvalue weighted by molar-refractivity contribution is 0.0945. The van der Waals surface area contributed by atoms with Gasteiger partial charge in [0.05, 0.1) is 0 Å². The molecule has 1 unspecified atom stereocenters. The topological polar surface area (TPSA) is 80.0 Å². The van der Waals surface area contributed by atoms with E-state index in [1.165, 1.54) is 30.8 Å². The van der Waals surface area contributed by atoms with Crippen LogP contribution in [0.1, 0.15) is 63.7 Å². The molecule has 0 aliphatic carbocycles. The normalized spacial score (nSPS) is 12.4. The van der Waals surface area contributed by atoms with E-state index >= 15 is 0 Å². The van der Waals surface area contributed by atoms with Crippen molar-refractivity contribution < 1.29 is 4.79 Å². The summed E-state index contributed by atoms with van der Waals surface area (Å²) in [5.41, 5.74) is 6.29.